The van der Waals surface area contributed by atoms with Crippen molar-refractivity contribution in [3.8, 4) is 0 Å². The van der Waals surface area contributed by atoms with Gasteiger partial charge in [0.05, 0.1) is 4.90 Å². The number of para-hydroxylation sites is 1. The first-order valence-corrected chi connectivity index (χ1v) is 8.90. The lowest BCUT2D eigenvalue weighted by molar-refractivity contribution is 0.577. The van der Waals surface area contributed by atoms with Crippen molar-refractivity contribution in [2.45, 2.75) is 18.2 Å². The summed E-state index contributed by atoms with van der Waals surface area (Å²) in [7, 11) is -1.63. The molecule has 2 rings (SSSR count). The molecule has 0 aliphatic rings. The first kappa shape index (κ1) is 17.4. The number of nitrogens with zero attached hydrogens (tertiary/aromatic N) is 1. The van der Waals surface area contributed by atoms with Gasteiger partial charge in [0.1, 0.15) is 5.82 Å². The van der Waals surface area contributed by atoms with Crippen LogP contribution in [0.1, 0.15) is 12.0 Å². The Labute approximate surface area is 137 Å². The maximum absolute atomic E-state index is 13.2. The quantitative estimate of drug-likeness (QED) is 0.791. The molecule has 124 valence electrons. The highest BCUT2D eigenvalue weighted by molar-refractivity contribution is 7.89. The van der Waals surface area contributed by atoms with E-state index in [1.165, 1.54) is 18.2 Å². The van der Waals surface area contributed by atoms with Gasteiger partial charge in [-0.1, -0.05) is 18.2 Å². The van der Waals surface area contributed by atoms with Crippen molar-refractivity contribution in [1.29, 1.82) is 0 Å². The van der Waals surface area contributed by atoms with Crippen molar-refractivity contribution in [3.63, 3.8) is 0 Å². The maximum atomic E-state index is 13.2. The van der Waals surface area contributed by atoms with Gasteiger partial charge in [-0.25, -0.2) is 17.5 Å². The molecule has 0 atom stereocenters. The molecule has 0 aliphatic heterocycles. The van der Waals surface area contributed by atoms with Crippen LogP contribution in [0.15, 0.2) is 53.4 Å². The van der Waals surface area contributed by atoms with Crippen LogP contribution in [0.2, 0.25) is 0 Å². The monoisotopic (exact) mass is 336 g/mol. The summed E-state index contributed by atoms with van der Waals surface area (Å²) in [6.07, 6.45) is 0.671. The lowest BCUT2D eigenvalue weighted by Crippen LogP contribution is -2.28. The van der Waals surface area contributed by atoms with E-state index in [1.807, 2.05) is 37.4 Å². The van der Waals surface area contributed by atoms with Crippen LogP contribution in [0, 0.1) is 12.7 Å². The van der Waals surface area contributed by atoms with E-state index in [-0.39, 0.29) is 4.90 Å². The second kappa shape index (κ2) is 7.57. The lowest BCUT2D eigenvalue weighted by Gasteiger charge is -2.19. The van der Waals surface area contributed by atoms with Crippen LogP contribution in [0.5, 0.6) is 0 Å². The molecule has 0 saturated heterocycles. The minimum atomic E-state index is -3.60. The minimum absolute atomic E-state index is 0.0906. The topological polar surface area (TPSA) is 49.4 Å². The van der Waals surface area contributed by atoms with E-state index in [1.54, 1.807) is 6.92 Å². The third-order valence-electron chi connectivity index (χ3n) is 3.60. The summed E-state index contributed by atoms with van der Waals surface area (Å²) in [4.78, 5) is 2.16. The van der Waals surface area contributed by atoms with Crippen LogP contribution in [0.25, 0.3) is 0 Å². The maximum Gasteiger partial charge on any atom is 0.240 e. The van der Waals surface area contributed by atoms with Gasteiger partial charge in [0.15, 0.2) is 0 Å². The van der Waals surface area contributed by atoms with E-state index in [9.17, 15) is 12.8 Å². The van der Waals surface area contributed by atoms with Crippen LogP contribution < -0.4 is 9.62 Å². The fourth-order valence-electron chi connectivity index (χ4n) is 2.20. The van der Waals surface area contributed by atoms with E-state index in [2.05, 4.69) is 9.62 Å². The summed E-state index contributed by atoms with van der Waals surface area (Å²) in [5.74, 6) is -0.409. The SMILES string of the molecule is Cc1cc(S(=O)(=O)NCCCN(C)c2ccccc2)ccc1F. The lowest BCUT2D eigenvalue weighted by atomic mass is 10.2. The minimum Gasteiger partial charge on any atom is -0.375 e. The zero-order valence-corrected chi connectivity index (χ0v) is 14.1. The summed E-state index contributed by atoms with van der Waals surface area (Å²) in [6.45, 7) is 2.61. The van der Waals surface area contributed by atoms with Gasteiger partial charge < -0.3 is 4.90 Å². The summed E-state index contributed by atoms with van der Waals surface area (Å²) < 4.78 is 40.1. The Morgan fingerprint density at radius 1 is 1.13 bits per heavy atom. The smallest absolute Gasteiger partial charge is 0.240 e. The van der Waals surface area contributed by atoms with Gasteiger partial charge >= 0.3 is 0 Å². The van der Waals surface area contributed by atoms with E-state index in [4.69, 9.17) is 0 Å². The summed E-state index contributed by atoms with van der Waals surface area (Å²) in [6, 6.07) is 13.7. The number of aryl methyl sites for hydroxylation is 1. The Morgan fingerprint density at radius 2 is 1.83 bits per heavy atom. The number of hydrogen-bond donors (Lipinski definition) is 1. The van der Waals surface area contributed by atoms with Gasteiger partial charge in [-0.2, -0.15) is 0 Å². The number of anilines is 1. The van der Waals surface area contributed by atoms with Crippen LogP contribution >= 0.6 is 0 Å². The zero-order chi connectivity index (χ0) is 16.9. The van der Waals surface area contributed by atoms with E-state index < -0.39 is 15.8 Å². The second-order valence-corrected chi connectivity index (χ2v) is 7.19. The Morgan fingerprint density at radius 3 is 2.48 bits per heavy atom. The molecule has 0 heterocycles. The first-order chi connectivity index (χ1) is 10.9. The predicted molar refractivity (Wildman–Crippen MR) is 90.7 cm³/mol. The Bertz CT molecular complexity index is 748. The van der Waals surface area contributed by atoms with Crippen molar-refractivity contribution in [1.82, 2.24) is 4.72 Å². The molecule has 0 aromatic heterocycles. The summed E-state index contributed by atoms with van der Waals surface area (Å²) >= 11 is 0. The molecule has 4 nitrogen and oxygen atoms in total. The normalized spacial score (nSPS) is 11.4. The number of nitrogens with one attached hydrogen (secondary N) is 1. The fraction of sp³-hybridized carbons (Fsp3) is 0.294. The fourth-order valence-corrected chi connectivity index (χ4v) is 3.36. The predicted octanol–water partition coefficient (Wildman–Crippen LogP) is 2.94. The molecular formula is C17H21FN2O2S. The average Bonchev–Trinajstić information content (AvgIpc) is 2.54. The highest BCUT2D eigenvalue weighted by Crippen LogP contribution is 2.14. The molecule has 0 unspecified atom stereocenters. The second-order valence-electron chi connectivity index (χ2n) is 5.42. The van der Waals surface area contributed by atoms with E-state index in [0.29, 0.717) is 18.5 Å². The summed E-state index contributed by atoms with van der Waals surface area (Å²) in [5.41, 5.74) is 1.40. The zero-order valence-electron chi connectivity index (χ0n) is 13.3. The van der Waals surface area contributed by atoms with Crippen LogP contribution in [-0.4, -0.2) is 28.6 Å². The highest BCUT2D eigenvalue weighted by atomic mass is 32.2. The van der Waals surface area contributed by atoms with Crippen molar-refractivity contribution in [2.24, 2.45) is 0 Å². The van der Waals surface area contributed by atoms with E-state index >= 15 is 0 Å². The largest absolute Gasteiger partial charge is 0.375 e. The molecule has 6 heteroatoms. The van der Waals surface area contributed by atoms with Crippen molar-refractivity contribution in [2.75, 3.05) is 25.0 Å². The third-order valence-corrected chi connectivity index (χ3v) is 5.06. The molecule has 2 aromatic rings. The van der Waals surface area contributed by atoms with Gasteiger partial charge in [0.2, 0.25) is 10.0 Å². The summed E-state index contributed by atoms with van der Waals surface area (Å²) in [5, 5.41) is 0. The van der Waals surface area contributed by atoms with Crippen LogP contribution in [0.3, 0.4) is 0 Å². The van der Waals surface area contributed by atoms with Crippen LogP contribution in [0.4, 0.5) is 10.1 Å². The van der Waals surface area contributed by atoms with Gasteiger partial charge in [0, 0.05) is 25.8 Å². The molecule has 0 radical (unpaired) electrons. The Balaban J connectivity index is 1.86. The van der Waals surface area contributed by atoms with Crippen molar-refractivity contribution in [3.05, 3.63) is 59.9 Å². The molecule has 0 spiro atoms. The molecule has 0 saturated carbocycles. The highest BCUT2D eigenvalue weighted by Gasteiger charge is 2.14. The molecule has 0 amide bonds. The van der Waals surface area contributed by atoms with Gasteiger partial charge in [-0.15, -0.1) is 0 Å². The standard InChI is InChI=1S/C17H21FN2O2S/c1-14-13-16(9-10-17(14)18)23(21,22)19-11-6-12-20(2)15-7-4-3-5-8-15/h3-5,7-10,13,19H,6,11-12H2,1-2H3. The average molecular weight is 336 g/mol. The van der Waals surface area contributed by atoms with Crippen molar-refractivity contribution >= 4 is 15.7 Å². The van der Waals surface area contributed by atoms with E-state index in [0.717, 1.165) is 12.2 Å². The van der Waals surface area contributed by atoms with Gasteiger partial charge in [0.25, 0.3) is 0 Å². The molecule has 23 heavy (non-hydrogen) atoms. The molecular weight excluding hydrogens is 315 g/mol. The number of rotatable bonds is 7. The first-order valence-electron chi connectivity index (χ1n) is 7.42. The Hall–Kier alpha value is -1.92. The number of sulfonamides is 1. The van der Waals surface area contributed by atoms with Crippen molar-refractivity contribution < 1.29 is 12.8 Å². The van der Waals surface area contributed by atoms with Gasteiger partial charge in [-0.3, -0.25) is 0 Å². The molecule has 1 N–H and O–H groups in total. The molecule has 0 aliphatic carbocycles. The molecule has 2 aromatic carbocycles. The number of benzene rings is 2. The van der Waals surface area contributed by atoms with Crippen LogP contribution in [-0.2, 0) is 10.0 Å². The van der Waals surface area contributed by atoms with Gasteiger partial charge in [-0.05, 0) is 49.2 Å². The number of halogens is 1. The number of hydrogen-bond acceptors (Lipinski definition) is 3. The third kappa shape index (κ3) is 4.77. The molecule has 0 bridgehead atoms. The molecule has 0 fully saturated rings. The Kier molecular flexibility index (Phi) is 5.74.